The van der Waals surface area contributed by atoms with E-state index in [-0.39, 0.29) is 17.5 Å². The van der Waals surface area contributed by atoms with Crippen LogP contribution in [0.25, 0.3) is 0 Å². The molecule has 0 heterocycles. The van der Waals surface area contributed by atoms with E-state index in [2.05, 4.69) is 0 Å². The quantitative estimate of drug-likeness (QED) is 0.511. The molecule has 0 spiro atoms. The lowest BCUT2D eigenvalue weighted by molar-refractivity contribution is -0.143. The molecule has 0 atom stereocenters. The van der Waals surface area contributed by atoms with Gasteiger partial charge in [-0.15, -0.1) is 0 Å². The third-order valence-corrected chi connectivity index (χ3v) is 4.52. The number of carboxylic acids is 1. The minimum absolute atomic E-state index is 0.195. The summed E-state index contributed by atoms with van der Waals surface area (Å²) >= 11 is 0. The lowest BCUT2D eigenvalue weighted by Crippen LogP contribution is -2.48. The Hall–Kier alpha value is -3.53. The zero-order valence-corrected chi connectivity index (χ0v) is 14.5. The summed E-state index contributed by atoms with van der Waals surface area (Å²) in [6.07, 6.45) is -0.218. The van der Waals surface area contributed by atoms with E-state index in [1.165, 1.54) is 24.3 Å². The first-order valence-electron chi connectivity index (χ1n) is 8.53. The maximum absolute atomic E-state index is 13.3. The Bertz CT molecular complexity index is 896. The van der Waals surface area contributed by atoms with Crippen molar-refractivity contribution in [2.24, 2.45) is 5.41 Å². The Morgan fingerprint density at radius 1 is 0.630 bits per heavy atom. The van der Waals surface area contributed by atoms with Crippen molar-refractivity contribution >= 4 is 17.5 Å². The zero-order chi connectivity index (χ0) is 19.3. The molecule has 0 bridgehead atoms. The molecule has 3 aromatic carbocycles. The van der Waals surface area contributed by atoms with Gasteiger partial charge in [-0.1, -0.05) is 91.0 Å². The largest absolute Gasteiger partial charge is 0.480 e. The smallest absolute Gasteiger partial charge is 0.325 e. The fourth-order valence-electron chi connectivity index (χ4n) is 3.11. The van der Waals surface area contributed by atoms with Crippen LogP contribution in [0.3, 0.4) is 0 Å². The number of carbonyl (C=O) groups excluding carboxylic acids is 2. The predicted octanol–water partition coefficient (Wildman–Crippen LogP) is 4.07. The van der Waals surface area contributed by atoms with Gasteiger partial charge in [0.05, 0.1) is 0 Å². The van der Waals surface area contributed by atoms with Gasteiger partial charge in [0, 0.05) is 17.5 Å². The molecule has 0 aromatic heterocycles. The van der Waals surface area contributed by atoms with Crippen LogP contribution in [0, 0.1) is 5.41 Å². The Labute approximate surface area is 157 Å². The molecular weight excluding hydrogens is 340 g/mol. The average molecular weight is 358 g/mol. The van der Waals surface area contributed by atoms with E-state index in [1.54, 1.807) is 66.7 Å². The Kier molecular flexibility index (Phi) is 5.27. The van der Waals surface area contributed by atoms with Crippen LogP contribution in [0.1, 0.15) is 26.3 Å². The maximum atomic E-state index is 13.3. The lowest BCUT2D eigenvalue weighted by Gasteiger charge is -2.27. The number of rotatable bonds is 7. The molecule has 3 rings (SSSR count). The molecule has 0 aliphatic carbocycles. The van der Waals surface area contributed by atoms with E-state index in [1.807, 2.05) is 0 Å². The number of Topliss-reactive ketones (excluding diaryl/α,β-unsaturated/α-hetero) is 2. The van der Waals surface area contributed by atoms with Crippen LogP contribution in [0.15, 0.2) is 91.0 Å². The third-order valence-electron chi connectivity index (χ3n) is 4.52. The highest BCUT2D eigenvalue weighted by Gasteiger charge is 2.53. The van der Waals surface area contributed by atoms with Crippen molar-refractivity contribution in [2.75, 3.05) is 0 Å². The second-order valence-corrected chi connectivity index (χ2v) is 6.26. The van der Waals surface area contributed by atoms with Crippen molar-refractivity contribution in [3.8, 4) is 0 Å². The fourth-order valence-corrected chi connectivity index (χ4v) is 3.11. The van der Waals surface area contributed by atoms with Gasteiger partial charge < -0.3 is 5.11 Å². The summed E-state index contributed by atoms with van der Waals surface area (Å²) < 4.78 is 0. The van der Waals surface area contributed by atoms with Crippen molar-refractivity contribution < 1.29 is 19.5 Å². The second-order valence-electron chi connectivity index (χ2n) is 6.26. The summed E-state index contributed by atoms with van der Waals surface area (Å²) in [7, 11) is 0. The SMILES string of the molecule is O=C(O)C(Cc1ccccc1)(C(=O)c1ccccc1)C(=O)c1ccccc1. The van der Waals surface area contributed by atoms with Crippen LogP contribution in [0.2, 0.25) is 0 Å². The van der Waals surface area contributed by atoms with Gasteiger partial charge in [-0.05, 0) is 5.56 Å². The lowest BCUT2D eigenvalue weighted by atomic mass is 9.70. The minimum atomic E-state index is -2.23. The van der Waals surface area contributed by atoms with E-state index in [9.17, 15) is 19.5 Å². The molecule has 1 N–H and O–H groups in total. The molecule has 27 heavy (non-hydrogen) atoms. The molecule has 4 heteroatoms. The summed E-state index contributed by atoms with van der Waals surface area (Å²) in [6, 6.07) is 24.9. The van der Waals surface area contributed by atoms with Crippen molar-refractivity contribution in [3.63, 3.8) is 0 Å². The van der Waals surface area contributed by atoms with E-state index in [0.717, 1.165) is 0 Å². The van der Waals surface area contributed by atoms with Crippen molar-refractivity contribution in [2.45, 2.75) is 6.42 Å². The summed E-state index contributed by atoms with van der Waals surface area (Å²) in [5.74, 6) is -2.88. The number of hydrogen-bond acceptors (Lipinski definition) is 3. The molecule has 0 fully saturated rings. The van der Waals surface area contributed by atoms with E-state index >= 15 is 0 Å². The highest BCUT2D eigenvalue weighted by molar-refractivity contribution is 6.30. The van der Waals surface area contributed by atoms with Crippen LogP contribution in [0.5, 0.6) is 0 Å². The van der Waals surface area contributed by atoms with Gasteiger partial charge in [-0.25, -0.2) is 0 Å². The van der Waals surface area contributed by atoms with E-state index in [4.69, 9.17) is 0 Å². The molecule has 0 aliphatic heterocycles. The zero-order valence-electron chi connectivity index (χ0n) is 14.5. The molecule has 0 aliphatic rings. The number of carboxylic acid groups (broad SMARTS) is 1. The number of carbonyl (C=O) groups is 3. The first-order valence-corrected chi connectivity index (χ1v) is 8.53. The Morgan fingerprint density at radius 2 is 1.00 bits per heavy atom. The Morgan fingerprint density at radius 3 is 1.37 bits per heavy atom. The van der Waals surface area contributed by atoms with Crippen LogP contribution in [-0.2, 0) is 11.2 Å². The van der Waals surface area contributed by atoms with Crippen LogP contribution in [0.4, 0.5) is 0 Å². The fraction of sp³-hybridized carbons (Fsp3) is 0.0870. The summed E-state index contributed by atoms with van der Waals surface area (Å²) in [4.78, 5) is 39.1. The van der Waals surface area contributed by atoms with Crippen molar-refractivity contribution in [1.82, 2.24) is 0 Å². The molecule has 0 radical (unpaired) electrons. The van der Waals surface area contributed by atoms with Gasteiger partial charge >= 0.3 is 5.97 Å². The molecule has 134 valence electrons. The summed E-state index contributed by atoms with van der Waals surface area (Å²) in [6.45, 7) is 0. The van der Waals surface area contributed by atoms with E-state index < -0.39 is 23.0 Å². The molecular formula is C23H18O4. The normalized spacial score (nSPS) is 11.0. The molecule has 0 saturated carbocycles. The second kappa shape index (κ2) is 7.79. The summed E-state index contributed by atoms with van der Waals surface area (Å²) in [5.41, 5.74) is -1.24. The van der Waals surface area contributed by atoms with Crippen molar-refractivity contribution in [3.05, 3.63) is 108 Å². The van der Waals surface area contributed by atoms with Crippen LogP contribution < -0.4 is 0 Å². The Balaban J connectivity index is 2.18. The molecule has 0 unspecified atom stereocenters. The van der Waals surface area contributed by atoms with Crippen LogP contribution in [-0.4, -0.2) is 22.6 Å². The van der Waals surface area contributed by atoms with Gasteiger partial charge in [-0.3, -0.25) is 14.4 Å². The monoisotopic (exact) mass is 358 g/mol. The average Bonchev–Trinajstić information content (AvgIpc) is 2.73. The van der Waals surface area contributed by atoms with Gasteiger partial charge in [0.15, 0.2) is 17.0 Å². The number of ketones is 2. The van der Waals surface area contributed by atoms with Gasteiger partial charge in [0.2, 0.25) is 0 Å². The molecule has 0 saturated heterocycles. The minimum Gasteiger partial charge on any atom is -0.480 e. The standard InChI is InChI=1S/C23H18O4/c24-20(18-12-6-2-7-13-18)23(22(26)27,16-17-10-4-1-5-11-17)21(25)19-14-8-3-9-15-19/h1-15H,16H2,(H,26,27). The predicted molar refractivity (Wildman–Crippen MR) is 102 cm³/mol. The third kappa shape index (κ3) is 3.55. The number of benzene rings is 3. The van der Waals surface area contributed by atoms with Crippen LogP contribution >= 0.6 is 0 Å². The first-order chi connectivity index (χ1) is 13.1. The molecule has 0 amide bonds. The van der Waals surface area contributed by atoms with Gasteiger partial charge in [0.1, 0.15) is 0 Å². The number of hydrogen-bond donors (Lipinski definition) is 1. The highest BCUT2D eigenvalue weighted by atomic mass is 16.4. The number of aliphatic carboxylic acids is 1. The van der Waals surface area contributed by atoms with Gasteiger partial charge in [0.25, 0.3) is 0 Å². The van der Waals surface area contributed by atoms with E-state index in [0.29, 0.717) is 5.56 Å². The first kappa shape index (κ1) is 18.3. The summed E-state index contributed by atoms with van der Waals surface area (Å²) in [5, 5.41) is 10.1. The van der Waals surface area contributed by atoms with Crippen molar-refractivity contribution in [1.29, 1.82) is 0 Å². The topological polar surface area (TPSA) is 71.4 Å². The van der Waals surface area contributed by atoms with Gasteiger partial charge in [-0.2, -0.15) is 0 Å². The maximum Gasteiger partial charge on any atom is 0.325 e. The molecule has 4 nitrogen and oxygen atoms in total. The highest BCUT2D eigenvalue weighted by Crippen LogP contribution is 2.33. The molecule has 3 aromatic rings.